The van der Waals surface area contributed by atoms with E-state index in [9.17, 15) is 4.79 Å². The summed E-state index contributed by atoms with van der Waals surface area (Å²) in [5, 5.41) is 19.9. The van der Waals surface area contributed by atoms with Gasteiger partial charge in [-0.25, -0.2) is 0 Å². The van der Waals surface area contributed by atoms with Crippen LogP contribution in [0.4, 0.5) is 5.69 Å². The second-order valence-corrected chi connectivity index (χ2v) is 8.13. The molecule has 2 aromatic heterocycles. The zero-order valence-corrected chi connectivity index (χ0v) is 18.2. The zero-order chi connectivity index (χ0) is 21.1. The van der Waals surface area contributed by atoms with Gasteiger partial charge in [0.2, 0.25) is 10.9 Å². The SMILES string of the molecule is CCc1nnc2sc(-c3ccc(C)c(NC(=S)NC(=O)Cc4ccccc4)c3)nn12. The molecule has 0 fully saturated rings. The minimum absolute atomic E-state index is 0.159. The van der Waals surface area contributed by atoms with Crippen molar-refractivity contribution in [2.75, 3.05) is 5.32 Å². The van der Waals surface area contributed by atoms with Crippen LogP contribution in [0.1, 0.15) is 23.9 Å². The molecule has 0 aliphatic rings. The number of carbonyl (C=O) groups is 1. The molecule has 30 heavy (non-hydrogen) atoms. The lowest BCUT2D eigenvalue weighted by Gasteiger charge is -2.13. The molecule has 9 heteroatoms. The van der Waals surface area contributed by atoms with Gasteiger partial charge in [-0.1, -0.05) is 60.7 Å². The summed E-state index contributed by atoms with van der Waals surface area (Å²) in [6.45, 7) is 4.00. The number of rotatable bonds is 5. The van der Waals surface area contributed by atoms with Crippen LogP contribution in [-0.2, 0) is 17.6 Å². The molecule has 4 aromatic rings. The number of nitrogens with one attached hydrogen (secondary N) is 2. The van der Waals surface area contributed by atoms with Gasteiger partial charge < -0.3 is 10.6 Å². The van der Waals surface area contributed by atoms with Gasteiger partial charge in [0, 0.05) is 17.7 Å². The number of nitrogens with zero attached hydrogens (tertiary/aromatic N) is 4. The molecule has 2 aromatic carbocycles. The molecule has 0 atom stereocenters. The number of thiocarbonyl (C=S) groups is 1. The third-order valence-corrected chi connectivity index (χ3v) is 5.72. The molecule has 2 N–H and O–H groups in total. The van der Waals surface area contributed by atoms with E-state index in [1.165, 1.54) is 11.3 Å². The molecule has 0 radical (unpaired) electrons. The predicted octanol–water partition coefficient (Wildman–Crippen LogP) is 3.78. The molecule has 2 heterocycles. The van der Waals surface area contributed by atoms with E-state index >= 15 is 0 Å². The first kappa shape index (κ1) is 20.1. The summed E-state index contributed by atoms with van der Waals surface area (Å²) in [5.74, 6) is 0.675. The standard InChI is InChI=1S/C21H20N6OS2/c1-3-17-24-25-21-27(17)26-19(30-21)15-10-9-13(2)16(12-15)22-20(29)23-18(28)11-14-7-5-4-6-8-14/h4-10,12H,3,11H2,1-2H3,(H2,22,23,28,29). The summed E-state index contributed by atoms with van der Waals surface area (Å²) in [7, 11) is 0. The van der Waals surface area contributed by atoms with Crippen molar-refractivity contribution < 1.29 is 4.79 Å². The summed E-state index contributed by atoms with van der Waals surface area (Å²) in [6, 6.07) is 15.5. The lowest BCUT2D eigenvalue weighted by Crippen LogP contribution is -2.35. The Morgan fingerprint density at radius 1 is 1.17 bits per heavy atom. The minimum atomic E-state index is -0.159. The van der Waals surface area contributed by atoms with Gasteiger partial charge in [0.05, 0.1) is 6.42 Å². The fourth-order valence-electron chi connectivity index (χ4n) is 2.99. The summed E-state index contributed by atoms with van der Waals surface area (Å²) < 4.78 is 1.78. The normalized spacial score (nSPS) is 10.9. The number of aryl methyl sites for hydroxylation is 2. The molecule has 0 spiro atoms. The van der Waals surface area contributed by atoms with Crippen LogP contribution in [0.15, 0.2) is 48.5 Å². The van der Waals surface area contributed by atoms with E-state index in [4.69, 9.17) is 12.2 Å². The van der Waals surface area contributed by atoms with Crippen molar-refractivity contribution in [3.8, 4) is 10.6 Å². The third kappa shape index (κ3) is 4.37. The van der Waals surface area contributed by atoms with Crippen LogP contribution < -0.4 is 10.6 Å². The maximum atomic E-state index is 12.3. The van der Waals surface area contributed by atoms with Crippen LogP contribution in [0.2, 0.25) is 0 Å². The molecule has 0 saturated carbocycles. The summed E-state index contributed by atoms with van der Waals surface area (Å²) in [6.07, 6.45) is 1.04. The molecule has 0 saturated heterocycles. The van der Waals surface area contributed by atoms with Gasteiger partial charge in [-0.3, -0.25) is 4.79 Å². The van der Waals surface area contributed by atoms with Crippen LogP contribution >= 0.6 is 23.6 Å². The smallest absolute Gasteiger partial charge is 0.234 e. The van der Waals surface area contributed by atoms with E-state index in [0.717, 1.165) is 44.6 Å². The summed E-state index contributed by atoms with van der Waals surface area (Å²) >= 11 is 6.82. The Morgan fingerprint density at radius 2 is 1.97 bits per heavy atom. The quantitative estimate of drug-likeness (QED) is 0.463. The van der Waals surface area contributed by atoms with E-state index in [1.807, 2.05) is 62.4 Å². The Hall–Kier alpha value is -3.17. The van der Waals surface area contributed by atoms with E-state index in [1.54, 1.807) is 4.52 Å². The molecule has 152 valence electrons. The fourth-order valence-corrected chi connectivity index (χ4v) is 4.07. The Bertz CT molecular complexity index is 1210. The number of hydrogen-bond acceptors (Lipinski definition) is 6. The predicted molar refractivity (Wildman–Crippen MR) is 123 cm³/mol. The van der Waals surface area contributed by atoms with Crippen molar-refractivity contribution >= 4 is 45.2 Å². The van der Waals surface area contributed by atoms with Gasteiger partial charge >= 0.3 is 0 Å². The second kappa shape index (κ2) is 8.68. The van der Waals surface area contributed by atoms with Crippen LogP contribution in [0.5, 0.6) is 0 Å². The van der Waals surface area contributed by atoms with E-state index in [0.29, 0.717) is 0 Å². The lowest BCUT2D eigenvalue weighted by molar-refractivity contribution is -0.119. The van der Waals surface area contributed by atoms with E-state index in [2.05, 4.69) is 25.9 Å². The molecular formula is C21H20N6OS2. The maximum Gasteiger partial charge on any atom is 0.234 e. The average Bonchev–Trinajstić information content (AvgIpc) is 3.31. The second-order valence-electron chi connectivity index (χ2n) is 6.77. The highest BCUT2D eigenvalue weighted by molar-refractivity contribution is 7.80. The van der Waals surface area contributed by atoms with Crippen LogP contribution in [-0.4, -0.2) is 30.8 Å². The third-order valence-electron chi connectivity index (χ3n) is 4.56. The first-order valence-corrected chi connectivity index (χ1v) is 10.7. The average molecular weight is 437 g/mol. The molecule has 0 aliphatic heterocycles. The van der Waals surface area contributed by atoms with Gasteiger partial charge in [-0.05, 0) is 36.3 Å². The molecular weight excluding hydrogens is 416 g/mol. The van der Waals surface area contributed by atoms with Gasteiger partial charge in [-0.15, -0.1) is 10.2 Å². The Kier molecular flexibility index (Phi) is 5.82. The van der Waals surface area contributed by atoms with Gasteiger partial charge in [0.25, 0.3) is 0 Å². The van der Waals surface area contributed by atoms with Crippen molar-refractivity contribution in [3.63, 3.8) is 0 Å². The van der Waals surface area contributed by atoms with Crippen molar-refractivity contribution in [1.29, 1.82) is 0 Å². The Balaban J connectivity index is 1.48. The molecule has 0 unspecified atom stereocenters. The van der Waals surface area contributed by atoms with Crippen molar-refractivity contribution in [2.45, 2.75) is 26.7 Å². The minimum Gasteiger partial charge on any atom is -0.332 e. The molecule has 7 nitrogen and oxygen atoms in total. The largest absolute Gasteiger partial charge is 0.332 e. The monoisotopic (exact) mass is 436 g/mol. The number of anilines is 1. The molecule has 0 bridgehead atoms. The van der Waals surface area contributed by atoms with Gasteiger partial charge in [0.15, 0.2) is 10.9 Å². The number of aromatic nitrogens is 4. The van der Waals surface area contributed by atoms with Gasteiger partial charge in [-0.2, -0.15) is 9.61 Å². The molecule has 4 rings (SSSR count). The number of amides is 1. The van der Waals surface area contributed by atoms with Crippen LogP contribution in [0, 0.1) is 6.92 Å². The first-order chi connectivity index (χ1) is 14.5. The van der Waals surface area contributed by atoms with Gasteiger partial charge in [0.1, 0.15) is 5.01 Å². The van der Waals surface area contributed by atoms with E-state index < -0.39 is 0 Å². The highest BCUT2D eigenvalue weighted by Crippen LogP contribution is 2.29. The number of fused-ring (bicyclic) bond motifs is 1. The molecule has 0 aliphatic carbocycles. The van der Waals surface area contributed by atoms with Crippen molar-refractivity contribution in [1.82, 2.24) is 25.1 Å². The van der Waals surface area contributed by atoms with Crippen molar-refractivity contribution in [2.24, 2.45) is 0 Å². The highest BCUT2D eigenvalue weighted by Gasteiger charge is 2.14. The number of carbonyl (C=O) groups excluding carboxylic acids is 1. The molecule has 1 amide bonds. The maximum absolute atomic E-state index is 12.3. The topological polar surface area (TPSA) is 84.2 Å². The summed E-state index contributed by atoms with van der Waals surface area (Å²) in [5.41, 5.74) is 3.71. The number of benzene rings is 2. The zero-order valence-electron chi connectivity index (χ0n) is 16.5. The lowest BCUT2D eigenvalue weighted by atomic mass is 10.1. The van der Waals surface area contributed by atoms with Crippen LogP contribution in [0.25, 0.3) is 15.5 Å². The summed E-state index contributed by atoms with van der Waals surface area (Å²) in [4.78, 5) is 13.0. The number of hydrogen-bond donors (Lipinski definition) is 2. The Labute approximate surface area is 183 Å². The first-order valence-electron chi connectivity index (χ1n) is 9.50. The van der Waals surface area contributed by atoms with Crippen LogP contribution in [0.3, 0.4) is 0 Å². The van der Waals surface area contributed by atoms with E-state index in [-0.39, 0.29) is 17.4 Å². The van der Waals surface area contributed by atoms with Crippen molar-refractivity contribution in [3.05, 3.63) is 65.5 Å². The fraction of sp³-hybridized carbons (Fsp3) is 0.190. The highest BCUT2D eigenvalue weighted by atomic mass is 32.1. The Morgan fingerprint density at radius 3 is 2.73 bits per heavy atom.